The molecule has 3 nitrogen and oxygen atoms in total. The number of halogens is 1. The minimum Gasteiger partial charge on any atom is -0.459 e. The van der Waals surface area contributed by atoms with Gasteiger partial charge in [-0.1, -0.05) is 0 Å². The fourth-order valence-corrected chi connectivity index (χ4v) is 2.43. The molecule has 104 valence electrons. The summed E-state index contributed by atoms with van der Waals surface area (Å²) in [7, 11) is -1.18. The van der Waals surface area contributed by atoms with Crippen molar-refractivity contribution in [1.29, 1.82) is 0 Å². The lowest BCUT2D eigenvalue weighted by Crippen LogP contribution is -2.34. The van der Waals surface area contributed by atoms with Gasteiger partial charge in [-0.05, 0) is 45.9 Å². The molecule has 1 heterocycles. The summed E-state index contributed by atoms with van der Waals surface area (Å²) in [5.41, 5.74) is 0.505. The van der Waals surface area contributed by atoms with E-state index >= 15 is 0 Å². The zero-order valence-electron chi connectivity index (χ0n) is 11.5. The summed E-state index contributed by atoms with van der Waals surface area (Å²) in [5.74, 6) is 0.325. The van der Waals surface area contributed by atoms with Gasteiger partial charge in [0.25, 0.3) is 0 Å². The van der Waals surface area contributed by atoms with E-state index in [0.29, 0.717) is 11.3 Å². The molecule has 2 aromatic rings. The number of benzene rings is 1. The highest BCUT2D eigenvalue weighted by Crippen LogP contribution is 2.25. The van der Waals surface area contributed by atoms with E-state index in [-0.39, 0.29) is 16.6 Å². The molecule has 0 saturated heterocycles. The third-order valence-corrected chi connectivity index (χ3v) is 4.45. The van der Waals surface area contributed by atoms with Crippen molar-refractivity contribution in [3.8, 4) is 0 Å². The van der Waals surface area contributed by atoms with Crippen molar-refractivity contribution in [3.63, 3.8) is 0 Å². The quantitative estimate of drug-likeness (QED) is 0.933. The molecule has 0 unspecified atom stereocenters. The maximum Gasteiger partial charge on any atom is 0.137 e. The molecule has 0 radical (unpaired) electrons. The zero-order valence-corrected chi connectivity index (χ0v) is 12.3. The third-order valence-electron chi connectivity index (χ3n) is 2.77. The third kappa shape index (κ3) is 3.22. The van der Waals surface area contributed by atoms with Gasteiger partial charge in [-0.3, -0.25) is 0 Å². The van der Waals surface area contributed by atoms with E-state index in [4.69, 9.17) is 4.42 Å². The highest BCUT2D eigenvalue weighted by molar-refractivity contribution is 7.84. The fraction of sp³-hybridized carbons (Fsp3) is 0.429. The van der Waals surface area contributed by atoms with E-state index in [2.05, 4.69) is 4.72 Å². The van der Waals surface area contributed by atoms with Crippen molar-refractivity contribution in [3.05, 3.63) is 35.8 Å². The minimum atomic E-state index is -1.18. The van der Waals surface area contributed by atoms with E-state index in [1.54, 1.807) is 6.07 Å². The Morgan fingerprint density at radius 3 is 2.63 bits per heavy atom. The van der Waals surface area contributed by atoms with Crippen LogP contribution in [0.1, 0.15) is 39.5 Å². The molecule has 0 fully saturated rings. The Balaban J connectivity index is 2.22. The number of hydrogen-bond acceptors (Lipinski definition) is 2. The van der Waals surface area contributed by atoms with Crippen LogP contribution in [0.4, 0.5) is 4.39 Å². The molecule has 0 bridgehead atoms. The number of hydrogen-bond donors (Lipinski definition) is 1. The average molecular weight is 283 g/mol. The van der Waals surface area contributed by atoms with Crippen molar-refractivity contribution >= 4 is 22.0 Å². The second-order valence-corrected chi connectivity index (χ2v) is 7.55. The smallest absolute Gasteiger partial charge is 0.137 e. The minimum absolute atomic E-state index is 0.199. The molecule has 0 aliphatic carbocycles. The van der Waals surface area contributed by atoms with Gasteiger partial charge in [0.15, 0.2) is 0 Å². The van der Waals surface area contributed by atoms with E-state index < -0.39 is 11.0 Å². The molecule has 2 rings (SSSR count). The first kappa shape index (κ1) is 14.2. The average Bonchev–Trinajstić information content (AvgIpc) is 2.70. The highest BCUT2D eigenvalue weighted by Gasteiger charge is 2.23. The Bertz CT molecular complexity index is 615. The van der Waals surface area contributed by atoms with Crippen molar-refractivity contribution in [2.45, 2.75) is 38.5 Å². The number of nitrogens with one attached hydrogen (secondary N) is 1. The summed E-state index contributed by atoms with van der Waals surface area (Å²) in [6.07, 6.45) is 0. The van der Waals surface area contributed by atoms with Crippen molar-refractivity contribution < 1.29 is 13.0 Å². The largest absolute Gasteiger partial charge is 0.459 e. The Labute approximate surface area is 114 Å². The molecule has 19 heavy (non-hydrogen) atoms. The summed E-state index contributed by atoms with van der Waals surface area (Å²) in [5, 5.41) is 0.839. The Kier molecular flexibility index (Phi) is 3.78. The lowest BCUT2D eigenvalue weighted by Gasteiger charge is -2.20. The van der Waals surface area contributed by atoms with Crippen LogP contribution in [0.2, 0.25) is 0 Å². The Hall–Kier alpha value is -1.20. The van der Waals surface area contributed by atoms with E-state index in [1.807, 2.05) is 33.8 Å². The normalized spacial score (nSPS) is 15.6. The summed E-state index contributed by atoms with van der Waals surface area (Å²) in [6, 6.07) is 6.06. The highest BCUT2D eigenvalue weighted by atomic mass is 32.2. The predicted octanol–water partition coefficient (Wildman–Crippen LogP) is 3.68. The first-order valence-corrected chi connectivity index (χ1v) is 7.29. The summed E-state index contributed by atoms with van der Waals surface area (Å²) in [6.45, 7) is 7.57. The molecule has 1 aromatic carbocycles. The van der Waals surface area contributed by atoms with Crippen molar-refractivity contribution in [2.75, 3.05) is 0 Å². The van der Waals surface area contributed by atoms with Gasteiger partial charge in [0.1, 0.15) is 17.2 Å². The maximum atomic E-state index is 13.1. The first-order valence-electron chi connectivity index (χ1n) is 6.14. The zero-order chi connectivity index (χ0) is 14.2. The molecule has 0 spiro atoms. The lowest BCUT2D eigenvalue weighted by molar-refractivity contribution is 0.490. The van der Waals surface area contributed by atoms with Crippen molar-refractivity contribution in [2.24, 2.45) is 0 Å². The number of fused-ring (bicyclic) bond motifs is 1. The van der Waals surface area contributed by atoms with Gasteiger partial charge in [-0.2, -0.15) is 0 Å². The molecular formula is C14H18FNO2S. The molecule has 5 heteroatoms. The number of furan rings is 1. The van der Waals surface area contributed by atoms with Gasteiger partial charge >= 0.3 is 0 Å². The number of rotatable bonds is 3. The van der Waals surface area contributed by atoms with Crippen LogP contribution >= 0.6 is 0 Å². The SMILES string of the molecule is C[C@@H](N[S@@](=O)C(C)(C)C)c1cc2ccc(F)cc2o1. The lowest BCUT2D eigenvalue weighted by atomic mass is 10.2. The fourth-order valence-electron chi connectivity index (χ4n) is 1.63. The summed E-state index contributed by atoms with van der Waals surface area (Å²) in [4.78, 5) is 0. The molecule has 0 saturated carbocycles. The first-order chi connectivity index (χ1) is 8.77. The van der Waals surface area contributed by atoms with Crippen LogP contribution in [-0.4, -0.2) is 8.96 Å². The molecule has 0 aliphatic heterocycles. The van der Waals surface area contributed by atoms with Gasteiger partial charge in [0.2, 0.25) is 0 Å². The van der Waals surface area contributed by atoms with Crippen LogP contribution in [0, 0.1) is 5.82 Å². The van der Waals surface area contributed by atoms with E-state index in [9.17, 15) is 8.60 Å². The Morgan fingerprint density at radius 2 is 2.00 bits per heavy atom. The standard InChI is InChI=1S/C14H18FNO2S/c1-9(16-19(17)14(2,3)4)12-7-10-5-6-11(15)8-13(10)18-12/h5-9,16H,1-4H3/t9-,19+/m1/s1. The Morgan fingerprint density at radius 1 is 1.32 bits per heavy atom. The van der Waals surface area contributed by atoms with Crippen LogP contribution in [0.5, 0.6) is 0 Å². The second kappa shape index (κ2) is 5.06. The molecule has 0 amide bonds. The molecule has 0 aliphatic rings. The van der Waals surface area contributed by atoms with Crippen LogP contribution < -0.4 is 4.72 Å². The van der Waals surface area contributed by atoms with E-state index in [1.165, 1.54) is 12.1 Å². The van der Waals surface area contributed by atoms with Gasteiger partial charge < -0.3 is 4.42 Å². The molecular weight excluding hydrogens is 265 g/mol. The molecule has 1 aromatic heterocycles. The van der Waals surface area contributed by atoms with Gasteiger partial charge in [0.05, 0.1) is 21.8 Å². The monoisotopic (exact) mass is 283 g/mol. The van der Waals surface area contributed by atoms with E-state index in [0.717, 1.165) is 5.39 Å². The predicted molar refractivity (Wildman–Crippen MR) is 75.6 cm³/mol. The van der Waals surface area contributed by atoms with Crippen LogP contribution in [0.25, 0.3) is 11.0 Å². The molecule has 1 N–H and O–H groups in total. The van der Waals surface area contributed by atoms with Gasteiger partial charge in [-0.25, -0.2) is 13.3 Å². The topological polar surface area (TPSA) is 42.2 Å². The van der Waals surface area contributed by atoms with Gasteiger partial charge in [0, 0.05) is 11.5 Å². The van der Waals surface area contributed by atoms with Crippen LogP contribution in [0.15, 0.2) is 28.7 Å². The van der Waals surface area contributed by atoms with Crippen molar-refractivity contribution in [1.82, 2.24) is 4.72 Å². The maximum absolute atomic E-state index is 13.1. The summed E-state index contributed by atoms with van der Waals surface area (Å²) < 4.78 is 33.3. The summed E-state index contributed by atoms with van der Waals surface area (Å²) >= 11 is 0. The molecule has 2 atom stereocenters. The van der Waals surface area contributed by atoms with Gasteiger partial charge in [-0.15, -0.1) is 0 Å². The second-order valence-electron chi connectivity index (χ2n) is 5.55. The van der Waals surface area contributed by atoms with Crippen LogP contribution in [-0.2, 0) is 11.0 Å². The van der Waals surface area contributed by atoms with Crippen LogP contribution in [0.3, 0.4) is 0 Å².